The van der Waals surface area contributed by atoms with Crippen molar-refractivity contribution in [1.29, 1.82) is 0 Å². The maximum Gasteiger partial charge on any atom is 0.222 e. The number of hydrogen-bond acceptors (Lipinski definition) is 4. The molecule has 1 aliphatic heterocycles. The Morgan fingerprint density at radius 1 is 1.21 bits per heavy atom. The van der Waals surface area contributed by atoms with Crippen molar-refractivity contribution in [3.05, 3.63) is 41.1 Å². The minimum Gasteiger partial charge on any atom is -0.350 e. The third-order valence-corrected chi connectivity index (χ3v) is 3.70. The predicted octanol–water partition coefficient (Wildman–Crippen LogP) is 2.68. The van der Waals surface area contributed by atoms with Crippen molar-refractivity contribution in [1.82, 2.24) is 15.3 Å². The van der Waals surface area contributed by atoms with E-state index in [2.05, 4.69) is 48.7 Å². The van der Waals surface area contributed by atoms with Gasteiger partial charge in [-0.3, -0.25) is 0 Å². The van der Waals surface area contributed by atoms with E-state index in [1.165, 1.54) is 0 Å². The number of hydrogen-bond donors (Lipinski definition) is 2. The number of aromatic nitrogens is 2. The highest BCUT2D eigenvalue weighted by molar-refractivity contribution is 9.10. The summed E-state index contributed by atoms with van der Waals surface area (Å²) in [5.74, 6) is 0.701. The molecule has 1 saturated heterocycles. The largest absolute Gasteiger partial charge is 0.350 e. The lowest BCUT2D eigenvalue weighted by Crippen LogP contribution is -2.23. The SMILES string of the molecule is Brc1cccc(-c2cnc(NC3CCNC3)nc2)c1. The standard InChI is InChI=1S/C14H15BrN4/c15-12-3-1-2-10(6-12)11-7-17-14(18-8-11)19-13-4-5-16-9-13/h1-3,6-8,13,16H,4-5,9H2,(H,17,18,19). The molecule has 2 heterocycles. The second kappa shape index (κ2) is 5.67. The molecule has 1 atom stereocenters. The normalized spacial score (nSPS) is 18.5. The van der Waals surface area contributed by atoms with E-state index in [0.717, 1.165) is 35.1 Å². The van der Waals surface area contributed by atoms with E-state index in [0.29, 0.717) is 12.0 Å². The lowest BCUT2D eigenvalue weighted by Gasteiger charge is -2.11. The van der Waals surface area contributed by atoms with Crippen LogP contribution in [-0.2, 0) is 0 Å². The highest BCUT2D eigenvalue weighted by atomic mass is 79.9. The van der Waals surface area contributed by atoms with Crippen molar-refractivity contribution < 1.29 is 0 Å². The molecule has 0 aliphatic carbocycles. The smallest absolute Gasteiger partial charge is 0.222 e. The van der Waals surface area contributed by atoms with Crippen molar-refractivity contribution >= 4 is 21.9 Å². The molecule has 1 aromatic heterocycles. The van der Waals surface area contributed by atoms with E-state index < -0.39 is 0 Å². The minimum atomic E-state index is 0.441. The van der Waals surface area contributed by atoms with E-state index in [4.69, 9.17) is 0 Å². The first-order chi connectivity index (χ1) is 9.31. The lowest BCUT2D eigenvalue weighted by atomic mass is 10.1. The summed E-state index contributed by atoms with van der Waals surface area (Å²) >= 11 is 3.47. The Morgan fingerprint density at radius 3 is 2.74 bits per heavy atom. The number of benzene rings is 1. The van der Waals surface area contributed by atoms with Crippen LogP contribution in [0.3, 0.4) is 0 Å². The first-order valence-corrected chi connectivity index (χ1v) is 7.16. The molecule has 0 bridgehead atoms. The van der Waals surface area contributed by atoms with E-state index in [-0.39, 0.29) is 0 Å². The lowest BCUT2D eigenvalue weighted by molar-refractivity contribution is 0.780. The summed E-state index contributed by atoms with van der Waals surface area (Å²) in [6.45, 7) is 2.05. The van der Waals surface area contributed by atoms with Gasteiger partial charge in [0.2, 0.25) is 5.95 Å². The molecule has 19 heavy (non-hydrogen) atoms. The molecule has 1 aliphatic rings. The third-order valence-electron chi connectivity index (χ3n) is 3.20. The van der Waals surface area contributed by atoms with Gasteiger partial charge in [0.25, 0.3) is 0 Å². The average molecular weight is 319 g/mol. The Balaban J connectivity index is 1.74. The second-order valence-electron chi connectivity index (χ2n) is 4.64. The number of nitrogens with one attached hydrogen (secondary N) is 2. The fourth-order valence-electron chi connectivity index (χ4n) is 2.18. The van der Waals surface area contributed by atoms with Crippen LogP contribution in [-0.4, -0.2) is 29.1 Å². The summed E-state index contributed by atoms with van der Waals surface area (Å²) in [5, 5.41) is 6.65. The number of halogens is 1. The zero-order chi connectivity index (χ0) is 13.1. The van der Waals surface area contributed by atoms with Crippen molar-refractivity contribution in [3.63, 3.8) is 0 Å². The molecule has 0 saturated carbocycles. The van der Waals surface area contributed by atoms with Crippen LogP contribution in [0.25, 0.3) is 11.1 Å². The van der Waals surface area contributed by atoms with Crippen LogP contribution < -0.4 is 10.6 Å². The van der Waals surface area contributed by atoms with Gasteiger partial charge in [-0.2, -0.15) is 0 Å². The Hall–Kier alpha value is -1.46. The van der Waals surface area contributed by atoms with E-state index in [9.17, 15) is 0 Å². The quantitative estimate of drug-likeness (QED) is 0.913. The van der Waals surface area contributed by atoms with Crippen LogP contribution in [0.5, 0.6) is 0 Å². The first kappa shape index (κ1) is 12.6. The Labute approximate surface area is 120 Å². The number of nitrogens with zero attached hydrogens (tertiary/aromatic N) is 2. The number of anilines is 1. The zero-order valence-corrected chi connectivity index (χ0v) is 12.0. The molecule has 1 aromatic carbocycles. The predicted molar refractivity (Wildman–Crippen MR) is 80.1 cm³/mol. The molecule has 0 amide bonds. The average Bonchev–Trinajstić information content (AvgIpc) is 2.92. The summed E-state index contributed by atoms with van der Waals surface area (Å²) in [6.07, 6.45) is 4.84. The van der Waals surface area contributed by atoms with Gasteiger partial charge in [0.1, 0.15) is 0 Å². The first-order valence-electron chi connectivity index (χ1n) is 6.36. The molecule has 2 N–H and O–H groups in total. The van der Waals surface area contributed by atoms with Crippen LogP contribution in [0.15, 0.2) is 41.1 Å². The molecule has 0 radical (unpaired) electrons. The fraction of sp³-hybridized carbons (Fsp3) is 0.286. The van der Waals surface area contributed by atoms with Gasteiger partial charge in [-0.1, -0.05) is 28.1 Å². The van der Waals surface area contributed by atoms with Crippen molar-refractivity contribution in [2.45, 2.75) is 12.5 Å². The van der Waals surface area contributed by atoms with Crippen molar-refractivity contribution in [2.24, 2.45) is 0 Å². The Kier molecular flexibility index (Phi) is 3.75. The van der Waals surface area contributed by atoms with Crippen LogP contribution in [0, 0.1) is 0 Å². The molecular formula is C14H15BrN4. The van der Waals surface area contributed by atoms with Crippen molar-refractivity contribution in [2.75, 3.05) is 18.4 Å². The Morgan fingerprint density at radius 2 is 2.05 bits per heavy atom. The molecule has 2 aromatic rings. The minimum absolute atomic E-state index is 0.441. The molecule has 5 heteroatoms. The van der Waals surface area contributed by atoms with Gasteiger partial charge in [-0.25, -0.2) is 9.97 Å². The Bertz CT molecular complexity index is 550. The van der Waals surface area contributed by atoms with Gasteiger partial charge in [-0.15, -0.1) is 0 Å². The molecule has 98 valence electrons. The topological polar surface area (TPSA) is 49.8 Å². The molecule has 1 fully saturated rings. The molecule has 1 unspecified atom stereocenters. The summed E-state index contributed by atoms with van der Waals surface area (Å²) in [7, 11) is 0. The third kappa shape index (κ3) is 3.11. The highest BCUT2D eigenvalue weighted by Crippen LogP contribution is 2.22. The summed E-state index contributed by atoms with van der Waals surface area (Å²) in [4.78, 5) is 8.77. The number of rotatable bonds is 3. The highest BCUT2D eigenvalue weighted by Gasteiger charge is 2.14. The second-order valence-corrected chi connectivity index (χ2v) is 5.56. The maximum atomic E-state index is 4.38. The van der Waals surface area contributed by atoms with Gasteiger partial charge in [0.15, 0.2) is 0 Å². The van der Waals surface area contributed by atoms with Gasteiger partial charge in [-0.05, 0) is 30.7 Å². The van der Waals surface area contributed by atoms with Crippen LogP contribution in [0.4, 0.5) is 5.95 Å². The molecule has 0 spiro atoms. The monoisotopic (exact) mass is 318 g/mol. The van der Waals surface area contributed by atoms with Crippen LogP contribution >= 0.6 is 15.9 Å². The van der Waals surface area contributed by atoms with Crippen LogP contribution in [0.2, 0.25) is 0 Å². The molecular weight excluding hydrogens is 304 g/mol. The fourth-order valence-corrected chi connectivity index (χ4v) is 2.58. The summed E-state index contributed by atoms with van der Waals surface area (Å²) in [6, 6.07) is 8.57. The van der Waals surface area contributed by atoms with Gasteiger partial charge in [0, 0.05) is 35.0 Å². The summed E-state index contributed by atoms with van der Waals surface area (Å²) in [5.41, 5.74) is 2.14. The zero-order valence-electron chi connectivity index (χ0n) is 10.4. The molecule has 3 rings (SSSR count). The van der Waals surface area contributed by atoms with E-state index in [1.54, 1.807) is 0 Å². The van der Waals surface area contributed by atoms with E-state index in [1.807, 2.05) is 24.5 Å². The van der Waals surface area contributed by atoms with Crippen LogP contribution in [0.1, 0.15) is 6.42 Å². The van der Waals surface area contributed by atoms with Gasteiger partial charge in [0.05, 0.1) is 0 Å². The van der Waals surface area contributed by atoms with Crippen molar-refractivity contribution in [3.8, 4) is 11.1 Å². The molecule has 4 nitrogen and oxygen atoms in total. The maximum absolute atomic E-state index is 4.38. The van der Waals surface area contributed by atoms with E-state index >= 15 is 0 Å². The van der Waals surface area contributed by atoms with Gasteiger partial charge < -0.3 is 10.6 Å². The summed E-state index contributed by atoms with van der Waals surface area (Å²) < 4.78 is 1.06. The van der Waals surface area contributed by atoms with Gasteiger partial charge >= 0.3 is 0 Å².